The third kappa shape index (κ3) is 5.95. The molecule has 1 heterocycles. The van der Waals surface area contributed by atoms with Gasteiger partial charge in [0, 0.05) is 18.8 Å². The van der Waals surface area contributed by atoms with E-state index in [4.69, 9.17) is 5.73 Å². The number of piperidine rings is 1. The number of carbonyl (C=O) groups excluding carboxylic acids is 2. The molecule has 3 N–H and O–H groups in total. The zero-order valence-electron chi connectivity index (χ0n) is 18.8. The van der Waals surface area contributed by atoms with E-state index in [0.29, 0.717) is 29.9 Å². The smallest absolute Gasteiger partial charge is 0.243 e. The van der Waals surface area contributed by atoms with Gasteiger partial charge in [-0.3, -0.25) is 14.5 Å². The first kappa shape index (κ1) is 24.8. The highest BCUT2D eigenvalue weighted by molar-refractivity contribution is 7.89. The Kier molecular flexibility index (Phi) is 7.83. The number of nitrogens with two attached hydrogens (primary N) is 1. The van der Waals surface area contributed by atoms with Gasteiger partial charge >= 0.3 is 0 Å². The summed E-state index contributed by atoms with van der Waals surface area (Å²) in [5.74, 6) is -1.70. The Balaban J connectivity index is 1.75. The number of nitrogens with zero attached hydrogens (tertiary/aromatic N) is 2. The highest BCUT2D eigenvalue weighted by Crippen LogP contribution is 2.26. The van der Waals surface area contributed by atoms with Crippen LogP contribution in [-0.2, 0) is 19.6 Å². The van der Waals surface area contributed by atoms with Crippen LogP contribution in [0.2, 0.25) is 0 Å². The highest BCUT2D eigenvalue weighted by atomic mass is 32.2. The minimum Gasteiger partial charge on any atom is -0.368 e. The van der Waals surface area contributed by atoms with Crippen LogP contribution in [0.1, 0.15) is 36.4 Å². The molecule has 0 aliphatic carbocycles. The van der Waals surface area contributed by atoms with Gasteiger partial charge in [0.1, 0.15) is 11.9 Å². The van der Waals surface area contributed by atoms with Crippen LogP contribution < -0.4 is 11.1 Å². The lowest BCUT2D eigenvalue weighted by atomic mass is 10.0. The third-order valence-electron chi connectivity index (χ3n) is 5.70. The summed E-state index contributed by atoms with van der Waals surface area (Å²) in [5, 5.41) is 2.72. The summed E-state index contributed by atoms with van der Waals surface area (Å²) < 4.78 is 41.1. The van der Waals surface area contributed by atoms with Crippen LogP contribution in [0.5, 0.6) is 0 Å². The number of nitrogens with one attached hydrogen (secondary N) is 1. The quantitative estimate of drug-likeness (QED) is 0.608. The first-order valence-electron chi connectivity index (χ1n) is 10.8. The molecule has 2 aromatic carbocycles. The van der Waals surface area contributed by atoms with E-state index in [2.05, 4.69) is 5.32 Å². The Labute approximate surface area is 193 Å². The van der Waals surface area contributed by atoms with Crippen LogP contribution in [0, 0.1) is 12.7 Å². The number of amides is 2. The number of carbonyl (C=O) groups is 2. The maximum atomic E-state index is 13.6. The number of likely N-dealkylation sites (N-methyl/N-ethyl adjacent to an activating group) is 1. The first-order valence-corrected chi connectivity index (χ1v) is 12.2. The minimum absolute atomic E-state index is 0.119. The van der Waals surface area contributed by atoms with Gasteiger partial charge in [0.2, 0.25) is 21.8 Å². The van der Waals surface area contributed by atoms with Crippen molar-refractivity contribution in [3.05, 3.63) is 59.4 Å². The van der Waals surface area contributed by atoms with Crippen LogP contribution in [0.15, 0.2) is 47.4 Å². The molecule has 0 spiro atoms. The van der Waals surface area contributed by atoms with Crippen molar-refractivity contribution in [2.24, 2.45) is 5.73 Å². The van der Waals surface area contributed by atoms with Crippen LogP contribution in [0.4, 0.5) is 10.1 Å². The molecule has 0 aromatic heterocycles. The molecule has 33 heavy (non-hydrogen) atoms. The molecule has 1 aliphatic heterocycles. The van der Waals surface area contributed by atoms with E-state index in [1.165, 1.54) is 46.6 Å². The summed E-state index contributed by atoms with van der Waals surface area (Å²) >= 11 is 0. The Morgan fingerprint density at radius 2 is 1.85 bits per heavy atom. The lowest BCUT2D eigenvalue weighted by Gasteiger charge is -2.26. The topological polar surface area (TPSA) is 113 Å². The molecule has 1 unspecified atom stereocenters. The van der Waals surface area contributed by atoms with Crippen molar-refractivity contribution < 1.29 is 22.4 Å². The Hall–Kier alpha value is -2.82. The Morgan fingerprint density at radius 1 is 1.15 bits per heavy atom. The Bertz CT molecular complexity index is 1130. The van der Waals surface area contributed by atoms with Crippen LogP contribution in [0.25, 0.3) is 0 Å². The number of halogens is 1. The van der Waals surface area contributed by atoms with E-state index < -0.39 is 33.7 Å². The number of primary amides is 1. The first-order chi connectivity index (χ1) is 15.6. The second kappa shape index (κ2) is 10.4. The number of hydrogen-bond acceptors (Lipinski definition) is 5. The van der Waals surface area contributed by atoms with Crippen molar-refractivity contribution in [2.45, 2.75) is 37.1 Å². The molecule has 178 valence electrons. The fourth-order valence-electron chi connectivity index (χ4n) is 3.97. The maximum absolute atomic E-state index is 13.6. The molecule has 10 heteroatoms. The van der Waals surface area contributed by atoms with Crippen molar-refractivity contribution in [3.63, 3.8) is 0 Å². The van der Waals surface area contributed by atoms with E-state index in [9.17, 15) is 22.4 Å². The van der Waals surface area contributed by atoms with Crippen LogP contribution in [0.3, 0.4) is 0 Å². The minimum atomic E-state index is -3.65. The van der Waals surface area contributed by atoms with Crippen molar-refractivity contribution in [2.75, 3.05) is 32.0 Å². The summed E-state index contributed by atoms with van der Waals surface area (Å²) in [7, 11) is -2.12. The molecule has 1 atom stereocenters. The summed E-state index contributed by atoms with van der Waals surface area (Å²) in [4.78, 5) is 26.3. The number of rotatable bonds is 8. The van der Waals surface area contributed by atoms with E-state index in [0.717, 1.165) is 19.3 Å². The van der Waals surface area contributed by atoms with Crippen molar-refractivity contribution in [1.82, 2.24) is 9.21 Å². The number of aryl methyl sites for hydroxylation is 1. The van der Waals surface area contributed by atoms with E-state index in [1.807, 2.05) is 0 Å². The van der Waals surface area contributed by atoms with Gasteiger partial charge in [-0.1, -0.05) is 24.6 Å². The molecule has 2 aromatic rings. The van der Waals surface area contributed by atoms with Gasteiger partial charge in [-0.2, -0.15) is 4.31 Å². The lowest BCUT2D eigenvalue weighted by Crippen LogP contribution is -2.39. The second-order valence-electron chi connectivity index (χ2n) is 8.26. The standard InChI is InChI=1S/C23H29FN4O4S/c1-16-9-10-19(33(31,32)28-11-4-3-5-12-28)14-20(16)26-21(29)15-27(2)22(23(25)30)17-7-6-8-18(24)13-17/h6-10,13-14,22H,3-5,11-12,15H2,1-2H3,(H2,25,30)(H,26,29). The normalized spacial score (nSPS) is 15.9. The highest BCUT2D eigenvalue weighted by Gasteiger charge is 2.27. The zero-order chi connectivity index (χ0) is 24.2. The van der Waals surface area contributed by atoms with Gasteiger partial charge in [0.25, 0.3) is 0 Å². The summed E-state index contributed by atoms with van der Waals surface area (Å²) in [5.41, 5.74) is 6.90. The molecular weight excluding hydrogens is 447 g/mol. The molecule has 0 bridgehead atoms. The second-order valence-corrected chi connectivity index (χ2v) is 10.2. The molecular formula is C23H29FN4O4S. The van der Waals surface area contributed by atoms with Gasteiger partial charge in [0.05, 0.1) is 11.4 Å². The van der Waals surface area contributed by atoms with Crippen LogP contribution >= 0.6 is 0 Å². The summed E-state index contributed by atoms with van der Waals surface area (Å²) in [6, 6.07) is 9.11. The van der Waals surface area contributed by atoms with E-state index in [-0.39, 0.29) is 11.4 Å². The molecule has 8 nitrogen and oxygen atoms in total. The monoisotopic (exact) mass is 476 g/mol. The number of anilines is 1. The molecule has 1 saturated heterocycles. The fourth-order valence-corrected chi connectivity index (χ4v) is 5.51. The molecule has 1 aliphatic rings. The van der Waals surface area contributed by atoms with Crippen molar-refractivity contribution in [1.29, 1.82) is 0 Å². The SMILES string of the molecule is Cc1ccc(S(=O)(=O)N2CCCCC2)cc1NC(=O)CN(C)C(C(N)=O)c1cccc(F)c1. The van der Waals surface area contributed by atoms with Crippen molar-refractivity contribution in [3.8, 4) is 0 Å². The zero-order valence-corrected chi connectivity index (χ0v) is 19.6. The third-order valence-corrected chi connectivity index (χ3v) is 7.60. The predicted molar refractivity (Wildman–Crippen MR) is 123 cm³/mol. The number of sulfonamides is 1. The van der Waals surface area contributed by atoms with Gasteiger partial charge in [0.15, 0.2) is 0 Å². The van der Waals surface area contributed by atoms with Gasteiger partial charge in [-0.05, 0) is 62.2 Å². The van der Waals surface area contributed by atoms with E-state index in [1.54, 1.807) is 19.1 Å². The van der Waals surface area contributed by atoms with E-state index >= 15 is 0 Å². The lowest BCUT2D eigenvalue weighted by molar-refractivity contribution is -0.124. The Morgan fingerprint density at radius 3 is 2.48 bits per heavy atom. The van der Waals surface area contributed by atoms with Gasteiger partial charge in [-0.15, -0.1) is 0 Å². The molecule has 3 rings (SSSR count). The molecule has 1 fully saturated rings. The summed E-state index contributed by atoms with van der Waals surface area (Å²) in [6.07, 6.45) is 2.66. The largest absolute Gasteiger partial charge is 0.368 e. The maximum Gasteiger partial charge on any atom is 0.243 e. The summed E-state index contributed by atoms with van der Waals surface area (Å²) in [6.45, 7) is 2.51. The average Bonchev–Trinajstić information content (AvgIpc) is 2.75. The fraction of sp³-hybridized carbons (Fsp3) is 0.391. The van der Waals surface area contributed by atoms with Crippen molar-refractivity contribution >= 4 is 27.5 Å². The predicted octanol–water partition coefficient (Wildman–Crippen LogP) is 2.41. The molecule has 0 radical (unpaired) electrons. The molecule has 0 saturated carbocycles. The average molecular weight is 477 g/mol. The van der Waals surface area contributed by atoms with Gasteiger partial charge in [-0.25, -0.2) is 12.8 Å². The molecule has 2 amide bonds. The van der Waals surface area contributed by atoms with Crippen LogP contribution in [-0.4, -0.2) is 56.1 Å². The van der Waals surface area contributed by atoms with Gasteiger partial charge < -0.3 is 11.1 Å². The number of hydrogen-bond donors (Lipinski definition) is 2. The number of benzene rings is 2.